The number of allylic oxidation sites excluding steroid dienone is 2. The number of carbonyl (C=O) groups excluding carboxylic acids is 2. The van der Waals surface area contributed by atoms with E-state index < -0.39 is 0 Å². The molecule has 0 bridgehead atoms. The lowest BCUT2D eigenvalue weighted by atomic mass is 9.88. The van der Waals surface area contributed by atoms with Gasteiger partial charge in [-0.15, -0.1) is 0 Å². The van der Waals surface area contributed by atoms with E-state index in [9.17, 15) is 9.59 Å². The van der Waals surface area contributed by atoms with Gasteiger partial charge in [0, 0.05) is 5.56 Å². The van der Waals surface area contributed by atoms with Crippen LogP contribution in [0.25, 0.3) is 0 Å². The van der Waals surface area contributed by atoms with Crippen LogP contribution in [0.15, 0.2) is 23.4 Å². The molecule has 0 heterocycles. The van der Waals surface area contributed by atoms with E-state index in [2.05, 4.69) is 12.1 Å². The monoisotopic (exact) mass is 373 g/mol. The number of nitrogens with zero attached hydrogens (tertiary/aromatic N) is 1. The second-order valence-electron chi connectivity index (χ2n) is 6.30. The van der Waals surface area contributed by atoms with Crippen LogP contribution in [-0.4, -0.2) is 38.1 Å². The SMILES string of the molecule is CCCCC/C(=N/OCCC)c1cc(OC)c2c(c1OC)C(=O)C=CC2=O. The maximum atomic E-state index is 12.5. The number of benzene rings is 1. The second kappa shape index (κ2) is 9.90. The summed E-state index contributed by atoms with van der Waals surface area (Å²) in [5.74, 6) is 0.105. The molecule has 0 spiro atoms. The minimum Gasteiger partial charge on any atom is -0.496 e. The van der Waals surface area contributed by atoms with Gasteiger partial charge < -0.3 is 14.3 Å². The Bertz CT molecular complexity index is 764. The van der Waals surface area contributed by atoms with Crippen molar-refractivity contribution in [1.29, 1.82) is 0 Å². The van der Waals surface area contributed by atoms with E-state index in [4.69, 9.17) is 14.3 Å². The number of methoxy groups -OCH3 is 2. The van der Waals surface area contributed by atoms with Crippen LogP contribution in [0.3, 0.4) is 0 Å². The molecule has 0 amide bonds. The lowest BCUT2D eigenvalue weighted by molar-refractivity contribution is 0.0989. The van der Waals surface area contributed by atoms with Gasteiger partial charge in [0.15, 0.2) is 11.6 Å². The van der Waals surface area contributed by atoms with Crippen molar-refractivity contribution in [1.82, 2.24) is 0 Å². The fourth-order valence-corrected chi connectivity index (χ4v) is 3.01. The van der Waals surface area contributed by atoms with Crippen molar-refractivity contribution in [3.8, 4) is 11.5 Å². The average Bonchev–Trinajstić information content (AvgIpc) is 2.68. The Balaban J connectivity index is 2.62. The molecule has 0 saturated carbocycles. The van der Waals surface area contributed by atoms with E-state index in [1.165, 1.54) is 26.4 Å². The Hall–Kier alpha value is -2.63. The predicted octanol–water partition coefficient (Wildman–Crippen LogP) is 4.35. The third-order valence-corrected chi connectivity index (χ3v) is 4.34. The zero-order chi connectivity index (χ0) is 19.8. The Morgan fingerprint density at radius 2 is 1.67 bits per heavy atom. The van der Waals surface area contributed by atoms with Gasteiger partial charge in [-0.05, 0) is 37.5 Å². The van der Waals surface area contributed by atoms with Gasteiger partial charge in [-0.1, -0.05) is 31.8 Å². The first kappa shape index (κ1) is 20.7. The fraction of sp³-hybridized carbons (Fsp3) is 0.476. The van der Waals surface area contributed by atoms with Gasteiger partial charge in [0.2, 0.25) is 0 Å². The summed E-state index contributed by atoms with van der Waals surface area (Å²) in [5, 5.41) is 4.30. The molecule has 1 aromatic rings. The molecule has 27 heavy (non-hydrogen) atoms. The zero-order valence-electron chi connectivity index (χ0n) is 16.5. The molecule has 0 aliphatic heterocycles. The van der Waals surface area contributed by atoms with Crippen LogP contribution in [0.4, 0.5) is 0 Å². The van der Waals surface area contributed by atoms with E-state index in [-0.39, 0.29) is 22.7 Å². The van der Waals surface area contributed by atoms with Crippen molar-refractivity contribution in [2.24, 2.45) is 5.16 Å². The molecule has 0 N–H and O–H groups in total. The number of hydrogen-bond acceptors (Lipinski definition) is 6. The Kier molecular flexibility index (Phi) is 7.58. The number of ketones is 2. The van der Waals surface area contributed by atoms with Gasteiger partial charge in [0.25, 0.3) is 0 Å². The Labute approximate surface area is 160 Å². The van der Waals surface area contributed by atoms with Crippen LogP contribution in [0.1, 0.15) is 72.2 Å². The van der Waals surface area contributed by atoms with E-state index in [0.29, 0.717) is 35.8 Å². The molecule has 6 nitrogen and oxygen atoms in total. The minimum absolute atomic E-state index is 0.220. The number of rotatable bonds is 10. The zero-order valence-corrected chi connectivity index (χ0v) is 16.5. The topological polar surface area (TPSA) is 74.2 Å². The molecule has 6 heteroatoms. The molecule has 0 saturated heterocycles. The highest BCUT2D eigenvalue weighted by molar-refractivity contribution is 6.25. The van der Waals surface area contributed by atoms with E-state index in [1.807, 2.05) is 6.92 Å². The van der Waals surface area contributed by atoms with Crippen LogP contribution in [-0.2, 0) is 4.84 Å². The maximum Gasteiger partial charge on any atom is 0.190 e. The van der Waals surface area contributed by atoms with E-state index in [0.717, 1.165) is 25.7 Å². The Morgan fingerprint density at radius 3 is 2.26 bits per heavy atom. The van der Waals surface area contributed by atoms with E-state index >= 15 is 0 Å². The van der Waals surface area contributed by atoms with Crippen LogP contribution >= 0.6 is 0 Å². The van der Waals surface area contributed by atoms with Gasteiger partial charge in [-0.25, -0.2) is 0 Å². The summed E-state index contributed by atoms with van der Waals surface area (Å²) < 4.78 is 11.0. The average molecular weight is 373 g/mol. The lowest BCUT2D eigenvalue weighted by Crippen LogP contribution is -2.18. The number of hydrogen-bond donors (Lipinski definition) is 0. The quantitative estimate of drug-likeness (QED) is 0.346. The molecule has 0 aromatic heterocycles. The molecular formula is C21H27NO5. The number of oxime groups is 1. The number of unbranched alkanes of at least 4 members (excludes halogenated alkanes) is 2. The highest BCUT2D eigenvalue weighted by Crippen LogP contribution is 2.38. The smallest absolute Gasteiger partial charge is 0.190 e. The molecule has 2 rings (SSSR count). The first-order valence-electron chi connectivity index (χ1n) is 9.33. The summed E-state index contributed by atoms with van der Waals surface area (Å²) in [7, 11) is 2.96. The van der Waals surface area contributed by atoms with E-state index in [1.54, 1.807) is 6.07 Å². The highest BCUT2D eigenvalue weighted by Gasteiger charge is 2.31. The molecule has 0 radical (unpaired) electrons. The summed E-state index contributed by atoms with van der Waals surface area (Å²) in [5.41, 5.74) is 1.76. The van der Waals surface area contributed by atoms with Crippen molar-refractivity contribution in [2.45, 2.75) is 46.0 Å². The molecule has 1 aliphatic carbocycles. The highest BCUT2D eigenvalue weighted by atomic mass is 16.6. The lowest BCUT2D eigenvalue weighted by Gasteiger charge is -2.20. The molecule has 1 aromatic carbocycles. The first-order valence-corrected chi connectivity index (χ1v) is 9.33. The van der Waals surface area contributed by atoms with Crippen molar-refractivity contribution in [3.63, 3.8) is 0 Å². The molecule has 0 atom stereocenters. The number of carbonyl (C=O) groups is 2. The standard InChI is InChI=1S/C21H27NO5/c1-5-7-8-9-15(22-27-12-6-2)14-13-18(25-3)19-16(23)10-11-17(24)20(19)21(14)26-4/h10-11,13H,5-9,12H2,1-4H3/b22-15-. The molecule has 0 unspecified atom stereocenters. The largest absolute Gasteiger partial charge is 0.496 e. The van der Waals surface area contributed by atoms with Crippen LogP contribution in [0.2, 0.25) is 0 Å². The van der Waals surface area contributed by atoms with Crippen LogP contribution < -0.4 is 9.47 Å². The summed E-state index contributed by atoms with van der Waals surface area (Å²) >= 11 is 0. The third-order valence-electron chi connectivity index (χ3n) is 4.34. The summed E-state index contributed by atoms with van der Waals surface area (Å²) in [6.45, 7) is 4.64. The van der Waals surface area contributed by atoms with Crippen LogP contribution in [0, 0.1) is 0 Å². The fourth-order valence-electron chi connectivity index (χ4n) is 3.01. The molecule has 146 valence electrons. The van der Waals surface area contributed by atoms with Gasteiger partial charge in [0.1, 0.15) is 18.1 Å². The number of fused-ring (bicyclic) bond motifs is 1. The van der Waals surface area contributed by atoms with Gasteiger partial charge in [0.05, 0.1) is 31.1 Å². The third kappa shape index (κ3) is 4.56. The van der Waals surface area contributed by atoms with Crippen LogP contribution in [0.5, 0.6) is 11.5 Å². The molecule has 1 aliphatic rings. The van der Waals surface area contributed by atoms with Crippen molar-refractivity contribution in [3.05, 3.63) is 34.9 Å². The Morgan fingerprint density at radius 1 is 0.963 bits per heavy atom. The van der Waals surface area contributed by atoms with Crippen molar-refractivity contribution >= 4 is 17.3 Å². The maximum absolute atomic E-state index is 12.5. The minimum atomic E-state index is -0.288. The molecular weight excluding hydrogens is 346 g/mol. The normalized spacial score (nSPS) is 13.6. The summed E-state index contributed by atoms with van der Waals surface area (Å²) in [4.78, 5) is 30.3. The number of ether oxygens (including phenoxy) is 2. The van der Waals surface area contributed by atoms with Gasteiger partial charge >= 0.3 is 0 Å². The van der Waals surface area contributed by atoms with Gasteiger partial charge in [-0.3, -0.25) is 9.59 Å². The van der Waals surface area contributed by atoms with Crippen molar-refractivity contribution in [2.75, 3.05) is 20.8 Å². The summed E-state index contributed by atoms with van der Waals surface area (Å²) in [6, 6.07) is 1.71. The summed E-state index contributed by atoms with van der Waals surface area (Å²) in [6.07, 6.45) is 7.09. The van der Waals surface area contributed by atoms with Gasteiger partial charge in [-0.2, -0.15) is 0 Å². The van der Waals surface area contributed by atoms with Crippen molar-refractivity contribution < 1.29 is 23.9 Å². The predicted molar refractivity (Wildman–Crippen MR) is 104 cm³/mol. The first-order chi connectivity index (χ1) is 13.1. The second-order valence-corrected chi connectivity index (χ2v) is 6.30. The molecule has 0 fully saturated rings.